The molecule has 3 nitrogen and oxygen atoms in total. The Morgan fingerprint density at radius 2 is 1.96 bits per heavy atom. The van der Waals surface area contributed by atoms with E-state index < -0.39 is 0 Å². The third kappa shape index (κ3) is 2.46. The fourth-order valence-corrected chi connectivity index (χ4v) is 4.95. The summed E-state index contributed by atoms with van der Waals surface area (Å²) in [5.41, 5.74) is 3.75. The predicted molar refractivity (Wildman–Crippen MR) is 94.0 cm³/mol. The molecule has 0 bridgehead atoms. The number of nitrogens with zero attached hydrogens (tertiary/aromatic N) is 2. The van der Waals surface area contributed by atoms with Crippen LogP contribution in [0.4, 0.5) is 5.69 Å². The molecular formula is C19H14N2OSe. The van der Waals surface area contributed by atoms with E-state index >= 15 is 0 Å². The molecule has 0 spiro atoms. The van der Waals surface area contributed by atoms with Crippen LogP contribution in [0.5, 0.6) is 0 Å². The van der Waals surface area contributed by atoms with Crippen molar-refractivity contribution < 1.29 is 4.79 Å². The number of ketones is 1. The van der Waals surface area contributed by atoms with Crippen molar-refractivity contribution in [3.63, 3.8) is 0 Å². The number of rotatable bonds is 1. The van der Waals surface area contributed by atoms with E-state index in [0.717, 1.165) is 11.1 Å². The van der Waals surface area contributed by atoms with E-state index in [0.29, 0.717) is 20.7 Å². The van der Waals surface area contributed by atoms with Crippen LogP contribution < -0.4 is 9.36 Å². The predicted octanol–water partition coefficient (Wildman–Crippen LogP) is 2.54. The van der Waals surface area contributed by atoms with Gasteiger partial charge >= 0.3 is 141 Å². The van der Waals surface area contributed by atoms with Gasteiger partial charge in [0.05, 0.1) is 0 Å². The van der Waals surface area contributed by atoms with Crippen LogP contribution in [0.1, 0.15) is 16.1 Å². The van der Waals surface area contributed by atoms with Crippen LogP contribution in [-0.4, -0.2) is 32.8 Å². The van der Waals surface area contributed by atoms with Crippen molar-refractivity contribution in [2.24, 2.45) is 0 Å². The monoisotopic (exact) mass is 366 g/mol. The summed E-state index contributed by atoms with van der Waals surface area (Å²) in [6.07, 6.45) is 9.38. The van der Waals surface area contributed by atoms with Crippen LogP contribution >= 0.6 is 0 Å². The van der Waals surface area contributed by atoms with Crippen molar-refractivity contribution in [2.45, 2.75) is 0 Å². The Morgan fingerprint density at radius 3 is 2.83 bits per heavy atom. The summed E-state index contributed by atoms with van der Waals surface area (Å²) >= 11 is 0.314. The number of benzene rings is 1. The zero-order valence-electron chi connectivity index (χ0n) is 12.6. The molecule has 0 amide bonds. The standard InChI is InChI=1S/C19H14N2OSe/c1-21-15-6-2-3-7-17(15)23-18(21)11-9-13-8-10-16(22)19-14(13)5-4-12-20-19/h2-12H,1H3/b13-9+,18-11-. The molecule has 0 saturated carbocycles. The minimum absolute atomic E-state index is 0.0278. The molecule has 23 heavy (non-hydrogen) atoms. The molecule has 0 fully saturated rings. The molecule has 0 radical (unpaired) electrons. The van der Waals surface area contributed by atoms with E-state index in [1.165, 1.54) is 14.7 Å². The molecule has 2 heterocycles. The number of fused-ring (bicyclic) bond motifs is 2. The second-order valence-electron chi connectivity index (χ2n) is 5.35. The Kier molecular flexibility index (Phi) is 3.49. The van der Waals surface area contributed by atoms with Gasteiger partial charge in [0, 0.05) is 0 Å². The topological polar surface area (TPSA) is 33.2 Å². The summed E-state index contributed by atoms with van der Waals surface area (Å²) in [6.45, 7) is 0. The molecule has 0 unspecified atom stereocenters. The number of aromatic nitrogens is 1. The zero-order valence-corrected chi connectivity index (χ0v) is 14.3. The van der Waals surface area contributed by atoms with Crippen LogP contribution in [0.15, 0.2) is 71.5 Å². The summed E-state index contributed by atoms with van der Waals surface area (Å²) in [5.74, 6) is -0.0278. The van der Waals surface area contributed by atoms with Crippen molar-refractivity contribution in [3.8, 4) is 0 Å². The van der Waals surface area contributed by atoms with Crippen LogP contribution in [0.2, 0.25) is 0 Å². The van der Waals surface area contributed by atoms with Gasteiger partial charge in [-0.05, 0) is 0 Å². The summed E-state index contributed by atoms with van der Waals surface area (Å²) in [6, 6.07) is 12.3. The molecule has 0 atom stereocenters. The van der Waals surface area contributed by atoms with E-state index in [1.54, 1.807) is 12.3 Å². The molecule has 4 rings (SSSR count). The molecule has 1 aliphatic heterocycles. The summed E-state index contributed by atoms with van der Waals surface area (Å²) in [7, 11) is 2.10. The number of carbonyl (C=O) groups excluding carboxylic acids is 1. The fraction of sp³-hybridized carbons (Fsp3) is 0.0526. The van der Waals surface area contributed by atoms with Gasteiger partial charge in [0.1, 0.15) is 0 Å². The molecule has 0 N–H and O–H groups in total. The van der Waals surface area contributed by atoms with Gasteiger partial charge in [-0.3, -0.25) is 0 Å². The number of para-hydroxylation sites is 1. The van der Waals surface area contributed by atoms with Crippen molar-refractivity contribution in [1.82, 2.24) is 4.98 Å². The summed E-state index contributed by atoms with van der Waals surface area (Å²) in [4.78, 5) is 18.3. The van der Waals surface area contributed by atoms with Crippen molar-refractivity contribution >= 4 is 36.5 Å². The fourth-order valence-electron chi connectivity index (χ4n) is 2.74. The maximum absolute atomic E-state index is 11.9. The first-order chi connectivity index (χ1) is 11.2. The third-order valence-corrected chi connectivity index (χ3v) is 6.43. The Balaban J connectivity index is 1.70. The van der Waals surface area contributed by atoms with Crippen molar-refractivity contribution in [1.29, 1.82) is 0 Å². The molecule has 0 saturated heterocycles. The Morgan fingerprint density at radius 1 is 1.09 bits per heavy atom. The molecule has 112 valence electrons. The number of carbonyl (C=O) groups is 1. The molecule has 4 heteroatoms. The van der Waals surface area contributed by atoms with E-state index in [2.05, 4.69) is 53.3 Å². The third-order valence-electron chi connectivity index (χ3n) is 3.94. The number of allylic oxidation sites excluding steroid dienone is 5. The number of hydrogen-bond acceptors (Lipinski definition) is 3. The van der Waals surface area contributed by atoms with E-state index in [1.807, 2.05) is 18.2 Å². The molecule has 2 aromatic rings. The molecule has 2 aliphatic rings. The quantitative estimate of drug-likeness (QED) is 0.729. The first kappa shape index (κ1) is 14.2. The number of anilines is 1. The van der Waals surface area contributed by atoms with E-state index in [9.17, 15) is 4.79 Å². The zero-order chi connectivity index (χ0) is 15.8. The number of hydrogen-bond donors (Lipinski definition) is 0. The van der Waals surface area contributed by atoms with Gasteiger partial charge in [-0.1, -0.05) is 0 Å². The normalized spacial score (nSPS) is 19.3. The van der Waals surface area contributed by atoms with Crippen molar-refractivity contribution in [2.75, 3.05) is 11.9 Å². The van der Waals surface area contributed by atoms with Crippen LogP contribution in [0.3, 0.4) is 0 Å². The van der Waals surface area contributed by atoms with Crippen LogP contribution in [0, 0.1) is 0 Å². The average molecular weight is 365 g/mol. The Bertz CT molecular complexity index is 896. The SMILES string of the molecule is CN1/C(=C/C=C2\C=CC(=O)c3ncccc32)[Se]c2ccccc21. The molecule has 1 aromatic heterocycles. The van der Waals surface area contributed by atoms with Gasteiger partial charge in [-0.2, -0.15) is 0 Å². The van der Waals surface area contributed by atoms with E-state index in [-0.39, 0.29) is 5.78 Å². The van der Waals surface area contributed by atoms with Crippen molar-refractivity contribution in [3.05, 3.63) is 82.8 Å². The summed E-state index contributed by atoms with van der Waals surface area (Å²) in [5, 5.41) is 0. The van der Waals surface area contributed by atoms with Crippen LogP contribution in [-0.2, 0) is 0 Å². The van der Waals surface area contributed by atoms with Crippen LogP contribution in [0.25, 0.3) is 5.57 Å². The van der Waals surface area contributed by atoms with Gasteiger partial charge in [-0.15, -0.1) is 0 Å². The minimum atomic E-state index is -0.0278. The first-order valence-corrected chi connectivity index (χ1v) is 9.06. The molecular weight excluding hydrogens is 351 g/mol. The van der Waals surface area contributed by atoms with Gasteiger partial charge < -0.3 is 0 Å². The Labute approximate surface area is 141 Å². The number of pyridine rings is 1. The van der Waals surface area contributed by atoms with Gasteiger partial charge in [0.2, 0.25) is 0 Å². The maximum atomic E-state index is 11.9. The second kappa shape index (κ2) is 5.65. The summed E-state index contributed by atoms with van der Waals surface area (Å²) < 4.78 is 2.71. The molecule has 1 aromatic carbocycles. The molecule has 1 aliphatic carbocycles. The van der Waals surface area contributed by atoms with Gasteiger partial charge in [0.25, 0.3) is 0 Å². The second-order valence-corrected chi connectivity index (χ2v) is 7.58. The van der Waals surface area contributed by atoms with E-state index in [4.69, 9.17) is 0 Å². The Hall–Kier alpha value is -2.42. The average Bonchev–Trinajstić information content (AvgIpc) is 2.91. The first-order valence-electron chi connectivity index (χ1n) is 7.34. The van der Waals surface area contributed by atoms with Gasteiger partial charge in [-0.25, -0.2) is 0 Å². The van der Waals surface area contributed by atoms with Gasteiger partial charge in [0.15, 0.2) is 0 Å².